The smallest absolute Gasteiger partial charge is 0.270 e. The van der Waals surface area contributed by atoms with E-state index in [1.54, 1.807) is 24.3 Å². The summed E-state index contributed by atoms with van der Waals surface area (Å²) in [5.74, 6) is -0.282. The zero-order valence-corrected chi connectivity index (χ0v) is 15.2. The Morgan fingerprint density at radius 2 is 1.88 bits per heavy atom. The summed E-state index contributed by atoms with van der Waals surface area (Å²) in [6, 6.07) is 11.5. The summed E-state index contributed by atoms with van der Waals surface area (Å²) in [5.41, 5.74) is 3.80. The fourth-order valence-electron chi connectivity index (χ4n) is 2.75. The van der Waals surface area contributed by atoms with Crippen LogP contribution in [0.2, 0.25) is 5.02 Å². The largest absolute Gasteiger partial charge is 0.321 e. The van der Waals surface area contributed by atoms with Crippen molar-refractivity contribution < 1.29 is 4.79 Å². The number of hydrogen-bond donors (Lipinski definition) is 1. The lowest BCUT2D eigenvalue weighted by atomic mass is 9.98. The standard InChI is InChI=1S/C21H19ClN2O2/c1-2-3-4-14-5-7-15(8-6-14)17(13-16-9-12-20(25)23-16)19-11-10-18(22)21(26)24-19/h5-13H,2-4H2,1H3,(H,24,26). The van der Waals surface area contributed by atoms with E-state index in [1.165, 1.54) is 11.6 Å². The number of amides is 1. The number of nitrogens with one attached hydrogen (secondary N) is 1. The maximum Gasteiger partial charge on any atom is 0.270 e. The van der Waals surface area contributed by atoms with Gasteiger partial charge in [0.05, 0.1) is 5.71 Å². The van der Waals surface area contributed by atoms with Crippen molar-refractivity contribution in [3.63, 3.8) is 0 Å². The Labute approximate surface area is 156 Å². The SMILES string of the molecule is CCCCc1ccc(C(=CC2=NC(=O)C=C2)c2ccc(Cl)c(=O)[nH]2)cc1. The van der Waals surface area contributed by atoms with Crippen molar-refractivity contribution in [3.8, 4) is 0 Å². The molecule has 0 fully saturated rings. The number of aromatic amines is 1. The molecule has 0 saturated heterocycles. The fourth-order valence-corrected chi connectivity index (χ4v) is 2.86. The Kier molecular flexibility index (Phi) is 5.64. The average Bonchev–Trinajstić information content (AvgIpc) is 3.06. The Balaban J connectivity index is 2.03. The first kappa shape index (κ1) is 18.1. The van der Waals surface area contributed by atoms with E-state index in [0.717, 1.165) is 30.4 Å². The minimum Gasteiger partial charge on any atom is -0.321 e. The minimum atomic E-state index is -0.352. The molecule has 1 aromatic heterocycles. The van der Waals surface area contributed by atoms with Gasteiger partial charge in [-0.3, -0.25) is 9.59 Å². The molecule has 0 radical (unpaired) electrons. The Morgan fingerprint density at radius 3 is 2.50 bits per heavy atom. The molecular weight excluding hydrogens is 348 g/mol. The summed E-state index contributed by atoms with van der Waals surface area (Å²) in [5, 5.41) is 0.135. The number of unbranched alkanes of at least 4 members (excludes halogenated alkanes) is 1. The molecule has 2 heterocycles. The van der Waals surface area contributed by atoms with E-state index in [9.17, 15) is 9.59 Å². The molecule has 0 spiro atoms. The van der Waals surface area contributed by atoms with Crippen LogP contribution in [-0.4, -0.2) is 16.6 Å². The number of halogens is 1. The van der Waals surface area contributed by atoms with Crippen molar-refractivity contribution in [3.05, 3.63) is 86.8 Å². The number of aryl methyl sites for hydroxylation is 1. The summed E-state index contributed by atoms with van der Waals surface area (Å²) >= 11 is 5.85. The third kappa shape index (κ3) is 4.27. The highest BCUT2D eigenvalue weighted by Crippen LogP contribution is 2.23. The summed E-state index contributed by atoms with van der Waals surface area (Å²) in [4.78, 5) is 30.0. The quantitative estimate of drug-likeness (QED) is 0.826. The van der Waals surface area contributed by atoms with E-state index in [1.807, 2.05) is 12.1 Å². The lowest BCUT2D eigenvalue weighted by Crippen LogP contribution is -2.09. The number of allylic oxidation sites excluding steroid dienone is 2. The summed E-state index contributed by atoms with van der Waals surface area (Å²) in [6.07, 6.45) is 8.21. The van der Waals surface area contributed by atoms with Crippen molar-refractivity contribution >= 4 is 28.8 Å². The highest BCUT2D eigenvalue weighted by Gasteiger charge is 2.11. The Morgan fingerprint density at radius 1 is 1.12 bits per heavy atom. The molecule has 0 aliphatic carbocycles. The van der Waals surface area contributed by atoms with E-state index in [2.05, 4.69) is 29.0 Å². The molecule has 1 aliphatic rings. The number of pyridine rings is 1. The molecule has 2 aromatic rings. The summed E-state index contributed by atoms with van der Waals surface area (Å²) < 4.78 is 0. The number of hydrogen-bond acceptors (Lipinski definition) is 2. The molecule has 5 heteroatoms. The van der Waals surface area contributed by atoms with Crippen LogP contribution in [0.25, 0.3) is 5.57 Å². The first-order valence-corrected chi connectivity index (χ1v) is 8.95. The molecule has 1 amide bonds. The molecule has 1 N–H and O–H groups in total. The van der Waals surface area contributed by atoms with Gasteiger partial charge in [0.1, 0.15) is 5.02 Å². The van der Waals surface area contributed by atoms with Gasteiger partial charge in [-0.25, -0.2) is 4.99 Å². The van der Waals surface area contributed by atoms with E-state index in [-0.39, 0.29) is 16.5 Å². The summed E-state index contributed by atoms with van der Waals surface area (Å²) in [7, 11) is 0. The first-order valence-electron chi connectivity index (χ1n) is 8.58. The second kappa shape index (κ2) is 8.11. The van der Waals surface area contributed by atoms with Crippen molar-refractivity contribution in [2.75, 3.05) is 0 Å². The van der Waals surface area contributed by atoms with Crippen LogP contribution in [0, 0.1) is 0 Å². The molecule has 132 valence electrons. The molecule has 1 aromatic carbocycles. The van der Waals surface area contributed by atoms with Crippen LogP contribution in [0.4, 0.5) is 0 Å². The highest BCUT2D eigenvalue weighted by atomic mass is 35.5. The third-order valence-electron chi connectivity index (χ3n) is 4.16. The molecule has 0 atom stereocenters. The number of carbonyl (C=O) groups is 1. The monoisotopic (exact) mass is 366 g/mol. The number of benzene rings is 1. The van der Waals surface area contributed by atoms with E-state index >= 15 is 0 Å². The zero-order chi connectivity index (χ0) is 18.5. The van der Waals surface area contributed by atoms with Crippen LogP contribution in [0.1, 0.15) is 36.6 Å². The topological polar surface area (TPSA) is 62.3 Å². The first-order chi connectivity index (χ1) is 12.6. The lowest BCUT2D eigenvalue weighted by Gasteiger charge is -2.10. The number of aromatic nitrogens is 1. The van der Waals surface area contributed by atoms with E-state index in [4.69, 9.17) is 11.6 Å². The van der Waals surface area contributed by atoms with Gasteiger partial charge in [0, 0.05) is 17.3 Å². The molecule has 3 rings (SSSR count). The molecular formula is C21H19ClN2O2. The van der Waals surface area contributed by atoms with Gasteiger partial charge in [0.2, 0.25) is 0 Å². The Hall–Kier alpha value is -2.72. The predicted molar refractivity (Wildman–Crippen MR) is 106 cm³/mol. The van der Waals surface area contributed by atoms with Crippen molar-refractivity contribution in [1.82, 2.24) is 4.98 Å². The molecule has 26 heavy (non-hydrogen) atoms. The summed E-state index contributed by atoms with van der Waals surface area (Å²) in [6.45, 7) is 2.17. The van der Waals surface area contributed by atoms with Gasteiger partial charge in [-0.15, -0.1) is 0 Å². The second-order valence-corrected chi connectivity index (χ2v) is 6.52. The van der Waals surface area contributed by atoms with Crippen LogP contribution in [-0.2, 0) is 11.2 Å². The lowest BCUT2D eigenvalue weighted by molar-refractivity contribution is -0.113. The number of aliphatic imine (C=N–C) groups is 1. The highest BCUT2D eigenvalue weighted by molar-refractivity contribution is 6.30. The minimum absolute atomic E-state index is 0.135. The molecule has 0 bridgehead atoms. The molecule has 4 nitrogen and oxygen atoms in total. The van der Waals surface area contributed by atoms with Gasteiger partial charge >= 0.3 is 0 Å². The molecule has 1 aliphatic heterocycles. The third-order valence-corrected chi connectivity index (χ3v) is 4.46. The average molecular weight is 367 g/mol. The van der Waals surface area contributed by atoms with Gasteiger partial charge in [0.15, 0.2) is 0 Å². The van der Waals surface area contributed by atoms with Gasteiger partial charge in [0.25, 0.3) is 11.5 Å². The number of H-pyrrole nitrogens is 1. The van der Waals surface area contributed by atoms with Gasteiger partial charge in [-0.2, -0.15) is 0 Å². The van der Waals surface area contributed by atoms with Crippen molar-refractivity contribution in [2.24, 2.45) is 4.99 Å². The maximum atomic E-state index is 11.9. The normalized spacial score (nSPS) is 14.0. The van der Waals surface area contributed by atoms with Gasteiger partial charge in [-0.05, 0) is 48.3 Å². The van der Waals surface area contributed by atoms with Crippen LogP contribution < -0.4 is 5.56 Å². The maximum absolute atomic E-state index is 11.9. The molecule has 0 saturated carbocycles. The van der Waals surface area contributed by atoms with Crippen LogP contribution in [0.15, 0.2) is 64.4 Å². The van der Waals surface area contributed by atoms with Crippen molar-refractivity contribution in [1.29, 1.82) is 0 Å². The second-order valence-electron chi connectivity index (χ2n) is 6.12. The predicted octanol–water partition coefficient (Wildman–Crippen LogP) is 4.34. The van der Waals surface area contributed by atoms with Crippen LogP contribution in [0.5, 0.6) is 0 Å². The van der Waals surface area contributed by atoms with Crippen LogP contribution in [0.3, 0.4) is 0 Å². The number of carbonyl (C=O) groups excluding carboxylic acids is 1. The van der Waals surface area contributed by atoms with E-state index < -0.39 is 0 Å². The fraction of sp³-hybridized carbons (Fsp3) is 0.190. The Bertz CT molecular complexity index is 966. The van der Waals surface area contributed by atoms with Crippen LogP contribution >= 0.6 is 11.6 Å². The van der Waals surface area contributed by atoms with Gasteiger partial charge in [-0.1, -0.05) is 49.2 Å². The van der Waals surface area contributed by atoms with Gasteiger partial charge < -0.3 is 4.98 Å². The van der Waals surface area contributed by atoms with Crippen molar-refractivity contribution in [2.45, 2.75) is 26.2 Å². The zero-order valence-electron chi connectivity index (χ0n) is 14.5. The van der Waals surface area contributed by atoms with E-state index in [0.29, 0.717) is 11.4 Å². The number of nitrogens with zero attached hydrogens (tertiary/aromatic N) is 1. The molecule has 0 unspecified atom stereocenters. The number of rotatable bonds is 6.